The molecule has 22 heavy (non-hydrogen) atoms. The van der Waals surface area contributed by atoms with Gasteiger partial charge >= 0.3 is 5.97 Å². The number of benzene rings is 3. The summed E-state index contributed by atoms with van der Waals surface area (Å²) >= 11 is 0. The third kappa shape index (κ3) is 2.37. The summed E-state index contributed by atoms with van der Waals surface area (Å²) in [6.07, 6.45) is 0.808. The largest absolute Gasteiger partial charge is 0.478 e. The molecule has 0 aromatic heterocycles. The van der Waals surface area contributed by atoms with Crippen LogP contribution in [0.25, 0.3) is 21.9 Å². The Morgan fingerprint density at radius 2 is 1.82 bits per heavy atom. The average Bonchev–Trinajstić information content (AvgIpc) is 2.54. The summed E-state index contributed by atoms with van der Waals surface area (Å²) in [7, 11) is 0. The molecular formula is C19H14O3. The van der Waals surface area contributed by atoms with E-state index in [1.807, 2.05) is 36.4 Å². The summed E-state index contributed by atoms with van der Waals surface area (Å²) in [6, 6.07) is 16.7. The number of rotatable bonds is 3. The highest BCUT2D eigenvalue weighted by Crippen LogP contribution is 2.31. The van der Waals surface area contributed by atoms with Gasteiger partial charge in [0, 0.05) is 5.56 Å². The van der Waals surface area contributed by atoms with Gasteiger partial charge in [0.1, 0.15) is 6.29 Å². The molecule has 3 rings (SSSR count). The van der Waals surface area contributed by atoms with Crippen LogP contribution in [-0.4, -0.2) is 17.4 Å². The van der Waals surface area contributed by atoms with E-state index in [0.29, 0.717) is 11.1 Å². The normalized spacial score (nSPS) is 10.6. The molecule has 0 spiro atoms. The van der Waals surface area contributed by atoms with Crippen molar-refractivity contribution >= 4 is 23.0 Å². The maximum Gasteiger partial charge on any atom is 0.335 e. The van der Waals surface area contributed by atoms with Gasteiger partial charge in [0.05, 0.1) is 5.56 Å². The molecule has 0 aliphatic rings. The first kappa shape index (κ1) is 14.0. The Bertz CT molecular complexity index is 894. The smallest absolute Gasteiger partial charge is 0.335 e. The topological polar surface area (TPSA) is 54.4 Å². The molecule has 3 aromatic carbocycles. The molecule has 0 saturated carbocycles. The molecular weight excluding hydrogens is 276 g/mol. The first-order chi connectivity index (χ1) is 10.6. The van der Waals surface area contributed by atoms with Crippen LogP contribution in [-0.2, 0) is 0 Å². The Hall–Kier alpha value is -2.94. The second-order valence-electron chi connectivity index (χ2n) is 5.24. The maximum absolute atomic E-state index is 11.3. The van der Waals surface area contributed by atoms with Crippen molar-refractivity contribution in [2.45, 2.75) is 6.92 Å². The van der Waals surface area contributed by atoms with Crippen molar-refractivity contribution in [2.75, 3.05) is 0 Å². The lowest BCUT2D eigenvalue weighted by Crippen LogP contribution is -2.00. The van der Waals surface area contributed by atoms with E-state index in [4.69, 9.17) is 0 Å². The molecule has 0 saturated heterocycles. The molecule has 3 nitrogen and oxygen atoms in total. The second-order valence-corrected chi connectivity index (χ2v) is 5.24. The zero-order valence-electron chi connectivity index (χ0n) is 12.0. The molecule has 0 bridgehead atoms. The minimum absolute atomic E-state index is 0.276. The minimum atomic E-state index is -0.949. The van der Waals surface area contributed by atoms with Gasteiger partial charge in [-0.25, -0.2) is 4.79 Å². The van der Waals surface area contributed by atoms with Crippen LogP contribution in [0.1, 0.15) is 26.3 Å². The van der Waals surface area contributed by atoms with Gasteiger partial charge in [-0.05, 0) is 52.6 Å². The maximum atomic E-state index is 11.3. The first-order valence-electron chi connectivity index (χ1n) is 6.92. The van der Waals surface area contributed by atoms with Crippen molar-refractivity contribution < 1.29 is 14.7 Å². The van der Waals surface area contributed by atoms with E-state index >= 15 is 0 Å². The molecule has 3 aromatic rings. The monoisotopic (exact) mass is 290 g/mol. The summed E-state index contributed by atoms with van der Waals surface area (Å²) in [4.78, 5) is 22.5. The lowest BCUT2D eigenvalue weighted by atomic mass is 9.93. The molecule has 0 aliphatic heterocycles. The highest BCUT2D eigenvalue weighted by Gasteiger charge is 2.11. The number of carboxylic acid groups (broad SMARTS) is 1. The number of carbonyl (C=O) groups excluding carboxylic acids is 1. The van der Waals surface area contributed by atoms with Gasteiger partial charge < -0.3 is 5.11 Å². The van der Waals surface area contributed by atoms with Gasteiger partial charge in [-0.1, -0.05) is 36.4 Å². The van der Waals surface area contributed by atoms with E-state index in [1.165, 1.54) is 0 Å². The zero-order chi connectivity index (χ0) is 15.7. The predicted octanol–water partition coefficient (Wildman–Crippen LogP) is 4.33. The summed E-state index contributed by atoms with van der Waals surface area (Å²) < 4.78 is 0. The van der Waals surface area contributed by atoms with Crippen LogP contribution in [0.15, 0.2) is 54.6 Å². The van der Waals surface area contributed by atoms with Gasteiger partial charge in [0.25, 0.3) is 0 Å². The Kier molecular flexibility index (Phi) is 3.47. The number of aryl methyl sites for hydroxylation is 1. The molecule has 0 radical (unpaired) electrons. The fourth-order valence-corrected chi connectivity index (χ4v) is 2.66. The first-order valence-corrected chi connectivity index (χ1v) is 6.92. The fraction of sp³-hybridized carbons (Fsp3) is 0.0526. The van der Waals surface area contributed by atoms with Crippen LogP contribution >= 0.6 is 0 Å². The third-order valence-electron chi connectivity index (χ3n) is 3.80. The predicted molar refractivity (Wildman–Crippen MR) is 86.5 cm³/mol. The summed E-state index contributed by atoms with van der Waals surface area (Å²) in [5, 5.41) is 11.2. The van der Waals surface area contributed by atoms with Crippen molar-refractivity contribution in [3.63, 3.8) is 0 Å². The summed E-state index contributed by atoms with van der Waals surface area (Å²) in [6.45, 7) is 1.77. The third-order valence-corrected chi connectivity index (χ3v) is 3.80. The van der Waals surface area contributed by atoms with E-state index in [9.17, 15) is 14.7 Å². The van der Waals surface area contributed by atoms with E-state index in [0.717, 1.165) is 28.2 Å². The van der Waals surface area contributed by atoms with Crippen LogP contribution in [0.2, 0.25) is 0 Å². The highest BCUT2D eigenvalue weighted by molar-refractivity contribution is 6.01. The van der Waals surface area contributed by atoms with Crippen molar-refractivity contribution in [1.29, 1.82) is 0 Å². The minimum Gasteiger partial charge on any atom is -0.478 e. The molecule has 1 N–H and O–H groups in total. The van der Waals surface area contributed by atoms with Crippen LogP contribution in [0.3, 0.4) is 0 Å². The second kappa shape index (κ2) is 5.45. The Morgan fingerprint density at radius 1 is 1.05 bits per heavy atom. The van der Waals surface area contributed by atoms with Gasteiger partial charge in [-0.3, -0.25) is 4.79 Å². The number of aldehydes is 1. The SMILES string of the molecule is Cc1ccc(-c2cc(C=O)cc3ccccc23)cc1C(=O)O. The van der Waals surface area contributed by atoms with Crippen LogP contribution in [0.4, 0.5) is 0 Å². The fourth-order valence-electron chi connectivity index (χ4n) is 2.66. The van der Waals surface area contributed by atoms with Gasteiger partial charge in [-0.2, -0.15) is 0 Å². The lowest BCUT2D eigenvalue weighted by Gasteiger charge is -2.10. The standard InChI is InChI=1S/C19H14O3/c1-12-6-7-15(10-17(12)19(21)22)18-9-13(11-20)8-14-4-2-3-5-16(14)18/h2-11H,1H3,(H,21,22). The molecule has 0 fully saturated rings. The summed E-state index contributed by atoms with van der Waals surface area (Å²) in [5.41, 5.74) is 3.22. The Labute approximate surface area is 127 Å². The number of hydrogen-bond donors (Lipinski definition) is 1. The highest BCUT2D eigenvalue weighted by atomic mass is 16.4. The van der Waals surface area contributed by atoms with Gasteiger partial charge in [0.15, 0.2) is 0 Å². The molecule has 0 unspecified atom stereocenters. The van der Waals surface area contributed by atoms with E-state index in [-0.39, 0.29) is 5.56 Å². The molecule has 0 aliphatic carbocycles. The van der Waals surface area contributed by atoms with E-state index < -0.39 is 5.97 Å². The number of hydrogen-bond acceptors (Lipinski definition) is 2. The molecule has 3 heteroatoms. The quantitative estimate of drug-likeness (QED) is 0.731. The lowest BCUT2D eigenvalue weighted by molar-refractivity contribution is 0.0696. The van der Waals surface area contributed by atoms with Crippen molar-refractivity contribution in [3.8, 4) is 11.1 Å². The molecule has 0 atom stereocenters. The van der Waals surface area contributed by atoms with Gasteiger partial charge in [-0.15, -0.1) is 0 Å². The Balaban J connectivity index is 2.32. The van der Waals surface area contributed by atoms with Gasteiger partial charge in [0.2, 0.25) is 0 Å². The zero-order valence-corrected chi connectivity index (χ0v) is 12.0. The molecule has 108 valence electrons. The number of fused-ring (bicyclic) bond motifs is 1. The van der Waals surface area contributed by atoms with Crippen LogP contribution in [0, 0.1) is 6.92 Å². The van der Waals surface area contributed by atoms with Crippen LogP contribution < -0.4 is 0 Å². The van der Waals surface area contributed by atoms with Crippen molar-refractivity contribution in [3.05, 3.63) is 71.3 Å². The Morgan fingerprint density at radius 3 is 2.55 bits per heavy atom. The van der Waals surface area contributed by atoms with Crippen molar-refractivity contribution in [1.82, 2.24) is 0 Å². The average molecular weight is 290 g/mol. The van der Waals surface area contributed by atoms with Crippen molar-refractivity contribution in [2.24, 2.45) is 0 Å². The number of aromatic carboxylic acids is 1. The molecule has 0 heterocycles. The number of carbonyl (C=O) groups is 2. The summed E-state index contributed by atoms with van der Waals surface area (Å²) in [5.74, 6) is -0.949. The molecule has 0 amide bonds. The van der Waals surface area contributed by atoms with E-state index in [1.54, 1.807) is 25.1 Å². The van der Waals surface area contributed by atoms with E-state index in [2.05, 4.69) is 0 Å². The number of carboxylic acids is 1. The van der Waals surface area contributed by atoms with Crippen LogP contribution in [0.5, 0.6) is 0 Å².